The number of carbonyl (C=O) groups excluding carboxylic acids is 1. The lowest BCUT2D eigenvalue weighted by atomic mass is 9.89. The minimum atomic E-state index is -0.0299. The topological polar surface area (TPSA) is 83.8 Å². The summed E-state index contributed by atoms with van der Waals surface area (Å²) in [6.07, 6.45) is 10.0. The maximum absolute atomic E-state index is 12.4. The molecule has 29 heavy (non-hydrogen) atoms. The molecule has 1 unspecified atom stereocenters. The molecular weight excluding hydrogens is 384 g/mol. The molecule has 0 bridgehead atoms. The van der Waals surface area contributed by atoms with Crippen molar-refractivity contribution in [3.63, 3.8) is 0 Å². The first-order valence-corrected chi connectivity index (χ1v) is 10.8. The minimum absolute atomic E-state index is 0.0192. The maximum Gasteiger partial charge on any atom is 0.230 e. The largest absolute Gasteiger partial charge is 0.465 e. The highest BCUT2D eigenvalue weighted by Gasteiger charge is 2.15. The third-order valence-corrected chi connectivity index (χ3v) is 5.86. The molecule has 0 aliphatic heterocycles. The van der Waals surface area contributed by atoms with Crippen LogP contribution in [0.1, 0.15) is 54.1 Å². The second-order valence-corrected chi connectivity index (χ2v) is 8.11. The van der Waals surface area contributed by atoms with Gasteiger partial charge in [0.2, 0.25) is 11.1 Å². The molecule has 1 atom stereocenters. The number of H-pyrrole nitrogens is 1. The number of nitrogens with one attached hydrogen (secondary N) is 2. The van der Waals surface area contributed by atoms with Crippen LogP contribution in [0.15, 0.2) is 46.2 Å². The number of benzene rings is 1. The molecule has 150 valence electrons. The molecule has 0 fully saturated rings. The summed E-state index contributed by atoms with van der Waals surface area (Å²) in [6.45, 7) is 2.03. The van der Waals surface area contributed by atoms with E-state index in [0.717, 1.165) is 17.7 Å². The molecule has 4 rings (SSSR count). The molecule has 2 aromatic heterocycles. The molecule has 2 heterocycles. The average molecular weight is 409 g/mol. The summed E-state index contributed by atoms with van der Waals surface area (Å²) >= 11 is 1.31. The van der Waals surface area contributed by atoms with Gasteiger partial charge < -0.3 is 9.73 Å². The first-order valence-electron chi connectivity index (χ1n) is 9.85. The van der Waals surface area contributed by atoms with Crippen LogP contribution in [0.2, 0.25) is 0 Å². The normalized spacial score (nSPS) is 14.7. The Bertz CT molecular complexity index is 994. The number of aromatic amines is 1. The number of thioether (sulfide) groups is 1. The number of nitrogens with zero attached hydrogens (tertiary/aromatic N) is 2. The van der Waals surface area contributed by atoms with Gasteiger partial charge in [-0.1, -0.05) is 30.0 Å². The monoisotopic (exact) mass is 408 g/mol. The van der Waals surface area contributed by atoms with E-state index in [2.05, 4.69) is 38.7 Å². The third kappa shape index (κ3) is 5.17. The summed E-state index contributed by atoms with van der Waals surface area (Å²) in [6, 6.07) is 10.3. The number of hydrogen-bond donors (Lipinski definition) is 2. The van der Waals surface area contributed by atoms with Crippen molar-refractivity contribution in [2.75, 3.05) is 5.75 Å². The highest BCUT2D eigenvalue weighted by atomic mass is 32.2. The second-order valence-electron chi connectivity index (χ2n) is 7.17. The van der Waals surface area contributed by atoms with Crippen molar-refractivity contribution in [2.24, 2.45) is 0 Å². The fraction of sp³-hybridized carbons (Fsp3) is 0.318. The fourth-order valence-corrected chi connectivity index (χ4v) is 4.08. The quantitative estimate of drug-likeness (QED) is 0.566. The zero-order valence-electron chi connectivity index (χ0n) is 16.4. The molecule has 7 heteroatoms. The van der Waals surface area contributed by atoms with E-state index in [1.807, 2.05) is 25.1 Å². The van der Waals surface area contributed by atoms with Crippen LogP contribution in [0.25, 0.3) is 12.2 Å². The van der Waals surface area contributed by atoms with E-state index in [1.165, 1.54) is 42.2 Å². The Labute approximate surface area is 174 Å². The van der Waals surface area contributed by atoms with Gasteiger partial charge in [0.1, 0.15) is 11.6 Å². The molecule has 0 saturated heterocycles. The number of aryl methyl sites for hydroxylation is 2. The Balaban J connectivity index is 1.28. The molecule has 1 aliphatic carbocycles. The molecule has 2 N–H and O–H groups in total. The van der Waals surface area contributed by atoms with Gasteiger partial charge in [-0.3, -0.25) is 9.89 Å². The predicted molar refractivity (Wildman–Crippen MR) is 114 cm³/mol. The zero-order valence-corrected chi connectivity index (χ0v) is 17.2. The lowest BCUT2D eigenvalue weighted by Gasteiger charge is -2.20. The lowest BCUT2D eigenvalue weighted by Crippen LogP contribution is -2.28. The van der Waals surface area contributed by atoms with Crippen LogP contribution >= 0.6 is 11.8 Å². The van der Waals surface area contributed by atoms with E-state index >= 15 is 0 Å². The molecule has 1 aliphatic rings. The number of furan rings is 1. The standard InChI is InChI=1S/C22H24N4O2S/c1-15(17-9-8-16-5-2-3-6-18(16)13-17)23-21(27)14-29-22-24-20(25-26-22)11-10-19-7-4-12-28-19/h4,7-13,15H,2-3,5-6,14H2,1H3,(H,23,27)(H,24,25,26)/b11-10+. The summed E-state index contributed by atoms with van der Waals surface area (Å²) in [5, 5.41) is 10.6. The number of amides is 1. The molecule has 6 nitrogen and oxygen atoms in total. The van der Waals surface area contributed by atoms with E-state index in [-0.39, 0.29) is 17.7 Å². The Morgan fingerprint density at radius 1 is 1.28 bits per heavy atom. The summed E-state index contributed by atoms with van der Waals surface area (Å²) in [4.78, 5) is 16.7. The van der Waals surface area contributed by atoms with E-state index in [0.29, 0.717) is 11.0 Å². The maximum atomic E-state index is 12.4. The predicted octanol–water partition coefficient (Wildman–Crippen LogP) is 4.42. The van der Waals surface area contributed by atoms with E-state index in [9.17, 15) is 4.79 Å². The van der Waals surface area contributed by atoms with Crippen molar-refractivity contribution in [1.82, 2.24) is 20.5 Å². The highest BCUT2D eigenvalue weighted by Crippen LogP contribution is 2.25. The fourth-order valence-electron chi connectivity index (χ4n) is 3.46. The summed E-state index contributed by atoms with van der Waals surface area (Å²) in [5.41, 5.74) is 4.04. The van der Waals surface area contributed by atoms with Gasteiger partial charge in [-0.05, 0) is 73.6 Å². The van der Waals surface area contributed by atoms with Crippen molar-refractivity contribution >= 4 is 29.8 Å². The smallest absolute Gasteiger partial charge is 0.230 e. The summed E-state index contributed by atoms with van der Waals surface area (Å²) < 4.78 is 5.24. The van der Waals surface area contributed by atoms with E-state index in [4.69, 9.17) is 4.42 Å². The van der Waals surface area contributed by atoms with Crippen LogP contribution in [0.5, 0.6) is 0 Å². The first kappa shape index (κ1) is 19.5. The summed E-state index contributed by atoms with van der Waals surface area (Å²) in [7, 11) is 0. The van der Waals surface area contributed by atoms with Crippen molar-refractivity contribution < 1.29 is 9.21 Å². The third-order valence-electron chi connectivity index (χ3n) is 5.01. The Morgan fingerprint density at radius 3 is 2.97 bits per heavy atom. The molecule has 0 spiro atoms. The van der Waals surface area contributed by atoms with Crippen molar-refractivity contribution in [3.8, 4) is 0 Å². The van der Waals surface area contributed by atoms with Gasteiger partial charge in [0.15, 0.2) is 0 Å². The summed E-state index contributed by atoms with van der Waals surface area (Å²) in [5.74, 6) is 1.60. The number of fused-ring (bicyclic) bond motifs is 1. The van der Waals surface area contributed by atoms with Crippen molar-refractivity contribution in [3.05, 3.63) is 64.9 Å². The van der Waals surface area contributed by atoms with Crippen LogP contribution in [-0.2, 0) is 17.6 Å². The van der Waals surface area contributed by atoms with Crippen LogP contribution in [-0.4, -0.2) is 26.8 Å². The van der Waals surface area contributed by atoms with Gasteiger partial charge in [0.25, 0.3) is 0 Å². The van der Waals surface area contributed by atoms with Crippen LogP contribution in [0, 0.1) is 0 Å². The average Bonchev–Trinajstić information content (AvgIpc) is 3.42. The molecular formula is C22H24N4O2S. The molecule has 0 saturated carbocycles. The van der Waals surface area contributed by atoms with Gasteiger partial charge in [0, 0.05) is 0 Å². The van der Waals surface area contributed by atoms with Crippen LogP contribution in [0.3, 0.4) is 0 Å². The van der Waals surface area contributed by atoms with E-state index in [1.54, 1.807) is 12.3 Å². The van der Waals surface area contributed by atoms with Crippen LogP contribution in [0.4, 0.5) is 0 Å². The zero-order chi connectivity index (χ0) is 20.1. The van der Waals surface area contributed by atoms with Crippen molar-refractivity contribution in [1.29, 1.82) is 0 Å². The number of aromatic nitrogens is 3. The Hall–Kier alpha value is -2.80. The minimum Gasteiger partial charge on any atom is -0.465 e. The van der Waals surface area contributed by atoms with Gasteiger partial charge >= 0.3 is 0 Å². The number of rotatable bonds is 7. The Morgan fingerprint density at radius 2 is 2.14 bits per heavy atom. The van der Waals surface area contributed by atoms with Gasteiger partial charge in [-0.25, -0.2) is 4.98 Å². The van der Waals surface area contributed by atoms with Gasteiger partial charge in [-0.2, -0.15) is 0 Å². The van der Waals surface area contributed by atoms with Crippen LogP contribution < -0.4 is 5.32 Å². The highest BCUT2D eigenvalue weighted by molar-refractivity contribution is 7.99. The van der Waals surface area contributed by atoms with Crippen molar-refractivity contribution in [2.45, 2.75) is 43.8 Å². The number of hydrogen-bond acceptors (Lipinski definition) is 5. The molecule has 3 aromatic rings. The molecule has 0 radical (unpaired) electrons. The van der Waals surface area contributed by atoms with Gasteiger partial charge in [0.05, 0.1) is 18.1 Å². The Kier molecular flexibility index (Phi) is 6.14. The SMILES string of the molecule is CC(NC(=O)CSc1n[nH]c(/C=C/c2ccco2)n1)c1ccc2c(c1)CCCC2. The van der Waals surface area contributed by atoms with Gasteiger partial charge in [-0.15, -0.1) is 5.10 Å². The second kappa shape index (κ2) is 9.13. The number of carbonyl (C=O) groups is 1. The first-order chi connectivity index (χ1) is 14.2. The molecule has 1 aromatic carbocycles. The molecule has 1 amide bonds. The van der Waals surface area contributed by atoms with E-state index < -0.39 is 0 Å². The lowest BCUT2D eigenvalue weighted by molar-refractivity contribution is -0.119.